The predicted octanol–water partition coefficient (Wildman–Crippen LogP) is 3.75. The van der Waals surface area contributed by atoms with Gasteiger partial charge in [-0.05, 0) is 24.3 Å². The van der Waals surface area contributed by atoms with E-state index in [-0.39, 0.29) is 6.29 Å². The van der Waals surface area contributed by atoms with Crippen LogP contribution >= 0.6 is 0 Å². The molecule has 2 nitrogen and oxygen atoms in total. The molecule has 1 saturated heterocycles. The Balaban J connectivity index is 1.89. The van der Waals surface area contributed by atoms with Crippen LogP contribution in [0.25, 0.3) is 10.8 Å². The van der Waals surface area contributed by atoms with Gasteiger partial charge >= 0.3 is 0 Å². The molecule has 0 amide bonds. The SMILES string of the molecule is c1ccc2c(O[C@H]3CCCCO3)cccc2c1. The molecule has 0 spiro atoms. The van der Waals surface area contributed by atoms with Gasteiger partial charge in [0.25, 0.3) is 0 Å². The number of hydrogen-bond donors (Lipinski definition) is 0. The molecule has 1 aliphatic heterocycles. The Bertz CT molecular complexity index is 496. The molecule has 2 aromatic carbocycles. The van der Waals surface area contributed by atoms with Gasteiger partial charge in [0.15, 0.2) is 6.29 Å². The van der Waals surface area contributed by atoms with Gasteiger partial charge < -0.3 is 9.47 Å². The van der Waals surface area contributed by atoms with Crippen LogP contribution in [0.2, 0.25) is 0 Å². The summed E-state index contributed by atoms with van der Waals surface area (Å²) in [4.78, 5) is 0. The third kappa shape index (κ3) is 2.27. The van der Waals surface area contributed by atoms with Crippen molar-refractivity contribution >= 4 is 10.8 Å². The van der Waals surface area contributed by atoms with Crippen molar-refractivity contribution < 1.29 is 9.47 Å². The fourth-order valence-corrected chi connectivity index (χ4v) is 2.24. The highest BCUT2D eigenvalue weighted by Crippen LogP contribution is 2.27. The Labute approximate surface area is 101 Å². The van der Waals surface area contributed by atoms with Crippen molar-refractivity contribution in [3.05, 3.63) is 42.5 Å². The predicted molar refractivity (Wildman–Crippen MR) is 68.2 cm³/mol. The molecule has 1 heterocycles. The highest BCUT2D eigenvalue weighted by molar-refractivity contribution is 5.88. The van der Waals surface area contributed by atoms with Crippen LogP contribution in [-0.2, 0) is 4.74 Å². The van der Waals surface area contributed by atoms with Crippen molar-refractivity contribution in [3.8, 4) is 5.75 Å². The molecule has 2 heteroatoms. The summed E-state index contributed by atoms with van der Waals surface area (Å²) < 4.78 is 11.6. The summed E-state index contributed by atoms with van der Waals surface area (Å²) in [6.45, 7) is 0.815. The first-order valence-electron chi connectivity index (χ1n) is 6.19. The second-order valence-electron chi connectivity index (χ2n) is 4.39. The summed E-state index contributed by atoms with van der Waals surface area (Å²) in [6, 6.07) is 14.4. The molecular formula is C15H16O2. The third-order valence-electron chi connectivity index (χ3n) is 3.15. The highest BCUT2D eigenvalue weighted by Gasteiger charge is 2.15. The molecule has 3 rings (SSSR count). The van der Waals surface area contributed by atoms with Gasteiger partial charge in [-0.15, -0.1) is 0 Å². The molecule has 1 aliphatic rings. The maximum atomic E-state index is 5.95. The normalized spacial score (nSPS) is 20.4. The molecule has 0 aliphatic carbocycles. The molecule has 0 N–H and O–H groups in total. The second kappa shape index (κ2) is 4.76. The van der Waals surface area contributed by atoms with Crippen LogP contribution in [0.15, 0.2) is 42.5 Å². The fraction of sp³-hybridized carbons (Fsp3) is 0.333. The zero-order valence-corrected chi connectivity index (χ0v) is 9.76. The Kier molecular flexibility index (Phi) is 2.97. The largest absolute Gasteiger partial charge is 0.464 e. The van der Waals surface area contributed by atoms with Gasteiger partial charge in [0.1, 0.15) is 5.75 Å². The maximum Gasteiger partial charge on any atom is 0.199 e. The quantitative estimate of drug-likeness (QED) is 0.779. The number of fused-ring (bicyclic) bond motifs is 1. The van der Waals surface area contributed by atoms with Crippen LogP contribution in [0.1, 0.15) is 19.3 Å². The van der Waals surface area contributed by atoms with Crippen molar-refractivity contribution in [2.24, 2.45) is 0 Å². The maximum absolute atomic E-state index is 5.95. The van der Waals surface area contributed by atoms with E-state index >= 15 is 0 Å². The summed E-state index contributed by atoms with van der Waals surface area (Å²) in [7, 11) is 0. The van der Waals surface area contributed by atoms with E-state index in [1.165, 1.54) is 11.8 Å². The number of rotatable bonds is 2. The van der Waals surface area contributed by atoms with Gasteiger partial charge in [-0.1, -0.05) is 36.4 Å². The van der Waals surface area contributed by atoms with Crippen LogP contribution in [-0.4, -0.2) is 12.9 Å². The zero-order valence-electron chi connectivity index (χ0n) is 9.76. The van der Waals surface area contributed by atoms with Gasteiger partial charge in [0, 0.05) is 11.8 Å². The summed E-state index contributed by atoms with van der Waals surface area (Å²) in [6.07, 6.45) is 3.25. The number of hydrogen-bond acceptors (Lipinski definition) is 2. The Morgan fingerprint density at radius 2 is 1.88 bits per heavy atom. The number of benzene rings is 2. The minimum Gasteiger partial charge on any atom is -0.464 e. The standard InChI is InChI=1S/C15H16O2/c1-2-8-13-12(6-1)7-5-9-14(13)17-15-10-3-4-11-16-15/h1-2,5-9,15H,3-4,10-11H2/t15-/m0/s1. The van der Waals surface area contributed by atoms with Crippen molar-refractivity contribution in [3.63, 3.8) is 0 Å². The highest BCUT2D eigenvalue weighted by atomic mass is 16.7. The van der Waals surface area contributed by atoms with E-state index in [0.29, 0.717) is 0 Å². The van der Waals surface area contributed by atoms with Crippen LogP contribution in [0.3, 0.4) is 0 Å². The molecule has 88 valence electrons. The lowest BCUT2D eigenvalue weighted by Crippen LogP contribution is -2.25. The van der Waals surface area contributed by atoms with Crippen molar-refractivity contribution in [2.75, 3.05) is 6.61 Å². The van der Waals surface area contributed by atoms with Crippen LogP contribution in [0.4, 0.5) is 0 Å². The lowest BCUT2D eigenvalue weighted by molar-refractivity contribution is -0.105. The molecule has 0 bridgehead atoms. The second-order valence-corrected chi connectivity index (χ2v) is 4.39. The van der Waals surface area contributed by atoms with E-state index in [4.69, 9.17) is 9.47 Å². The Morgan fingerprint density at radius 3 is 2.76 bits per heavy atom. The van der Waals surface area contributed by atoms with E-state index in [0.717, 1.165) is 30.6 Å². The van der Waals surface area contributed by atoms with Crippen LogP contribution in [0, 0.1) is 0 Å². The number of ether oxygens (including phenoxy) is 2. The first kappa shape index (κ1) is 10.6. The van der Waals surface area contributed by atoms with Gasteiger partial charge in [0.05, 0.1) is 6.61 Å². The van der Waals surface area contributed by atoms with E-state index in [1.54, 1.807) is 0 Å². The molecule has 1 atom stereocenters. The molecule has 2 aromatic rings. The summed E-state index contributed by atoms with van der Waals surface area (Å²) in [5.41, 5.74) is 0. The van der Waals surface area contributed by atoms with E-state index in [2.05, 4.69) is 18.2 Å². The molecule has 17 heavy (non-hydrogen) atoms. The monoisotopic (exact) mass is 228 g/mol. The summed E-state index contributed by atoms with van der Waals surface area (Å²) in [5, 5.41) is 2.37. The average Bonchev–Trinajstić information content (AvgIpc) is 2.40. The minimum absolute atomic E-state index is 0.0745. The smallest absolute Gasteiger partial charge is 0.199 e. The molecule has 0 aromatic heterocycles. The Hall–Kier alpha value is -1.54. The van der Waals surface area contributed by atoms with Gasteiger partial charge in [-0.2, -0.15) is 0 Å². The minimum atomic E-state index is -0.0745. The Morgan fingerprint density at radius 1 is 1.00 bits per heavy atom. The van der Waals surface area contributed by atoms with E-state index in [1.807, 2.05) is 24.3 Å². The summed E-state index contributed by atoms with van der Waals surface area (Å²) >= 11 is 0. The van der Waals surface area contributed by atoms with Crippen molar-refractivity contribution in [1.82, 2.24) is 0 Å². The van der Waals surface area contributed by atoms with Crippen LogP contribution in [0.5, 0.6) is 5.75 Å². The average molecular weight is 228 g/mol. The first-order chi connectivity index (χ1) is 8.43. The third-order valence-corrected chi connectivity index (χ3v) is 3.15. The lowest BCUT2D eigenvalue weighted by Gasteiger charge is -2.24. The topological polar surface area (TPSA) is 18.5 Å². The van der Waals surface area contributed by atoms with Gasteiger partial charge in [0.2, 0.25) is 0 Å². The molecule has 0 unspecified atom stereocenters. The van der Waals surface area contributed by atoms with Crippen molar-refractivity contribution in [2.45, 2.75) is 25.6 Å². The molecule has 0 saturated carbocycles. The van der Waals surface area contributed by atoms with E-state index in [9.17, 15) is 0 Å². The molecular weight excluding hydrogens is 212 g/mol. The van der Waals surface area contributed by atoms with Crippen LogP contribution < -0.4 is 4.74 Å². The zero-order chi connectivity index (χ0) is 11.5. The van der Waals surface area contributed by atoms with E-state index < -0.39 is 0 Å². The van der Waals surface area contributed by atoms with Crippen molar-refractivity contribution in [1.29, 1.82) is 0 Å². The fourth-order valence-electron chi connectivity index (χ4n) is 2.24. The molecule has 0 radical (unpaired) electrons. The van der Waals surface area contributed by atoms with Gasteiger partial charge in [-0.25, -0.2) is 0 Å². The lowest BCUT2D eigenvalue weighted by atomic mass is 10.1. The molecule has 1 fully saturated rings. The first-order valence-corrected chi connectivity index (χ1v) is 6.19. The van der Waals surface area contributed by atoms with Gasteiger partial charge in [-0.3, -0.25) is 0 Å². The summed E-state index contributed by atoms with van der Waals surface area (Å²) in [5.74, 6) is 0.926.